The van der Waals surface area contributed by atoms with Crippen molar-refractivity contribution >= 4 is 21.6 Å². The average Bonchev–Trinajstić information content (AvgIpc) is 2.59. The van der Waals surface area contributed by atoms with Crippen molar-refractivity contribution in [3.05, 3.63) is 34.9 Å². The maximum absolute atomic E-state index is 5.99. The summed E-state index contributed by atoms with van der Waals surface area (Å²) < 4.78 is 2.97. The van der Waals surface area contributed by atoms with Gasteiger partial charge in [0.25, 0.3) is 0 Å². The van der Waals surface area contributed by atoms with Gasteiger partial charge in [0.05, 0.1) is 5.69 Å². The van der Waals surface area contributed by atoms with E-state index in [4.69, 9.17) is 5.73 Å². The summed E-state index contributed by atoms with van der Waals surface area (Å²) in [6.07, 6.45) is 1.90. The fourth-order valence-corrected chi connectivity index (χ4v) is 2.00. The highest BCUT2D eigenvalue weighted by atomic mass is 79.9. The van der Waals surface area contributed by atoms with Crippen LogP contribution in [-0.2, 0) is 6.54 Å². The maximum atomic E-state index is 5.99. The van der Waals surface area contributed by atoms with Crippen molar-refractivity contribution in [2.24, 2.45) is 5.92 Å². The van der Waals surface area contributed by atoms with Gasteiger partial charge >= 0.3 is 0 Å². The van der Waals surface area contributed by atoms with Gasteiger partial charge in [-0.3, -0.25) is 4.68 Å². The van der Waals surface area contributed by atoms with Crippen LogP contribution in [0.1, 0.15) is 13.8 Å². The van der Waals surface area contributed by atoms with Gasteiger partial charge in [-0.2, -0.15) is 5.10 Å². The van der Waals surface area contributed by atoms with Crippen LogP contribution < -0.4 is 5.73 Å². The van der Waals surface area contributed by atoms with Crippen molar-refractivity contribution in [3.63, 3.8) is 0 Å². The molecule has 0 saturated heterocycles. The highest BCUT2D eigenvalue weighted by molar-refractivity contribution is 9.10. The molecule has 0 aliphatic rings. The van der Waals surface area contributed by atoms with E-state index in [0.29, 0.717) is 5.92 Å². The summed E-state index contributed by atoms with van der Waals surface area (Å²) in [6.45, 7) is 5.22. The lowest BCUT2D eigenvalue weighted by molar-refractivity contribution is 0.484. The van der Waals surface area contributed by atoms with Crippen LogP contribution in [0.25, 0.3) is 11.3 Å². The molecule has 1 aromatic heterocycles. The van der Waals surface area contributed by atoms with Crippen LogP contribution in [0.3, 0.4) is 0 Å². The number of halogens is 1. The first-order valence-corrected chi connectivity index (χ1v) is 6.44. The lowest BCUT2D eigenvalue weighted by atomic mass is 10.1. The first kappa shape index (κ1) is 12.2. The third-order valence-corrected chi connectivity index (χ3v) is 2.99. The van der Waals surface area contributed by atoms with Crippen molar-refractivity contribution in [2.45, 2.75) is 20.4 Å². The van der Waals surface area contributed by atoms with Gasteiger partial charge in [0.2, 0.25) is 0 Å². The Hall–Kier alpha value is -1.29. The summed E-state index contributed by atoms with van der Waals surface area (Å²) in [5.41, 5.74) is 8.63. The van der Waals surface area contributed by atoms with E-state index in [1.54, 1.807) is 0 Å². The molecule has 90 valence electrons. The van der Waals surface area contributed by atoms with E-state index in [1.165, 1.54) is 0 Å². The molecule has 2 aromatic rings. The van der Waals surface area contributed by atoms with E-state index in [2.05, 4.69) is 34.9 Å². The van der Waals surface area contributed by atoms with Crippen molar-refractivity contribution in [1.82, 2.24) is 9.78 Å². The molecule has 0 aliphatic heterocycles. The maximum Gasteiger partial charge on any atom is 0.115 e. The molecular formula is C13H16BrN3. The first-order chi connectivity index (χ1) is 8.06. The van der Waals surface area contributed by atoms with Crippen molar-refractivity contribution in [3.8, 4) is 11.3 Å². The molecule has 0 fully saturated rings. The smallest absolute Gasteiger partial charge is 0.115 e. The molecule has 0 atom stereocenters. The minimum absolute atomic E-state index is 0.562. The molecule has 2 N–H and O–H groups in total. The van der Waals surface area contributed by atoms with Gasteiger partial charge in [-0.15, -0.1) is 0 Å². The number of nitrogens with zero attached hydrogens (tertiary/aromatic N) is 2. The second-order valence-electron chi connectivity index (χ2n) is 4.56. The summed E-state index contributed by atoms with van der Waals surface area (Å²) in [5.74, 6) is 0.562. The summed E-state index contributed by atoms with van der Waals surface area (Å²) in [6, 6.07) is 8.03. The van der Waals surface area contributed by atoms with Crippen molar-refractivity contribution in [1.29, 1.82) is 0 Å². The van der Waals surface area contributed by atoms with Gasteiger partial charge in [-0.1, -0.05) is 41.9 Å². The zero-order valence-corrected chi connectivity index (χ0v) is 11.6. The summed E-state index contributed by atoms with van der Waals surface area (Å²) in [7, 11) is 0. The molecule has 0 spiro atoms. The van der Waals surface area contributed by atoms with Crippen LogP contribution in [0.4, 0.5) is 5.69 Å². The number of aromatic nitrogens is 2. The van der Waals surface area contributed by atoms with Crippen LogP contribution in [0.5, 0.6) is 0 Å². The van der Waals surface area contributed by atoms with Gasteiger partial charge < -0.3 is 5.73 Å². The Morgan fingerprint density at radius 3 is 2.53 bits per heavy atom. The summed E-state index contributed by atoms with van der Waals surface area (Å²) in [4.78, 5) is 0. The molecule has 2 rings (SSSR count). The summed E-state index contributed by atoms with van der Waals surface area (Å²) >= 11 is 3.42. The van der Waals surface area contributed by atoms with Crippen LogP contribution >= 0.6 is 15.9 Å². The van der Waals surface area contributed by atoms with Crippen LogP contribution in [0.2, 0.25) is 0 Å². The number of benzene rings is 1. The third-order valence-electron chi connectivity index (χ3n) is 2.46. The average molecular weight is 294 g/mol. The summed E-state index contributed by atoms with van der Waals surface area (Å²) in [5, 5.41) is 4.53. The lowest BCUT2D eigenvalue weighted by Crippen LogP contribution is -2.04. The number of hydrogen-bond donors (Lipinski definition) is 1. The Morgan fingerprint density at radius 2 is 1.94 bits per heavy atom. The Kier molecular flexibility index (Phi) is 3.52. The van der Waals surface area contributed by atoms with Crippen LogP contribution in [0, 0.1) is 5.92 Å². The fourth-order valence-electron chi connectivity index (χ4n) is 1.74. The zero-order chi connectivity index (χ0) is 12.4. The third kappa shape index (κ3) is 2.88. The van der Waals surface area contributed by atoms with E-state index >= 15 is 0 Å². The van der Waals surface area contributed by atoms with Crippen LogP contribution in [0.15, 0.2) is 34.9 Å². The van der Waals surface area contributed by atoms with Gasteiger partial charge in [0.1, 0.15) is 5.69 Å². The number of rotatable bonds is 3. The normalized spacial score (nSPS) is 11.1. The quantitative estimate of drug-likeness (QED) is 0.940. The van der Waals surface area contributed by atoms with E-state index in [1.807, 2.05) is 35.1 Å². The minimum Gasteiger partial charge on any atom is -0.396 e. The standard InChI is InChI=1S/C13H16BrN3/c1-9(2)7-17-8-12(15)13(16-17)10-3-5-11(14)6-4-10/h3-6,8-9H,7,15H2,1-2H3. The van der Waals surface area contributed by atoms with Gasteiger partial charge in [0, 0.05) is 22.8 Å². The molecule has 1 heterocycles. The topological polar surface area (TPSA) is 43.8 Å². The highest BCUT2D eigenvalue weighted by Gasteiger charge is 2.09. The molecule has 0 bridgehead atoms. The molecule has 4 heteroatoms. The molecule has 0 aliphatic carbocycles. The van der Waals surface area contributed by atoms with Gasteiger partial charge in [0.15, 0.2) is 0 Å². The zero-order valence-electron chi connectivity index (χ0n) is 10.0. The van der Waals surface area contributed by atoms with E-state index in [-0.39, 0.29) is 0 Å². The van der Waals surface area contributed by atoms with E-state index < -0.39 is 0 Å². The highest BCUT2D eigenvalue weighted by Crippen LogP contribution is 2.25. The first-order valence-electron chi connectivity index (χ1n) is 5.65. The predicted molar refractivity (Wildman–Crippen MR) is 74.6 cm³/mol. The predicted octanol–water partition coefficient (Wildman–Crippen LogP) is 3.55. The Labute approximate surface area is 110 Å². The van der Waals surface area contributed by atoms with Gasteiger partial charge in [-0.05, 0) is 18.1 Å². The second-order valence-corrected chi connectivity index (χ2v) is 5.47. The Morgan fingerprint density at radius 1 is 1.29 bits per heavy atom. The Balaban J connectivity index is 2.32. The molecule has 0 radical (unpaired) electrons. The molecule has 0 unspecified atom stereocenters. The minimum atomic E-state index is 0.562. The monoisotopic (exact) mass is 293 g/mol. The largest absolute Gasteiger partial charge is 0.396 e. The Bertz CT molecular complexity index is 500. The van der Waals surface area contributed by atoms with Crippen LogP contribution in [-0.4, -0.2) is 9.78 Å². The number of nitrogen functional groups attached to an aromatic ring is 1. The molecule has 0 saturated carbocycles. The van der Waals surface area contributed by atoms with Crippen molar-refractivity contribution in [2.75, 3.05) is 5.73 Å². The van der Waals surface area contributed by atoms with Crippen molar-refractivity contribution < 1.29 is 0 Å². The molecule has 1 aromatic carbocycles. The molecular weight excluding hydrogens is 278 g/mol. The molecule has 0 amide bonds. The fraction of sp³-hybridized carbons (Fsp3) is 0.308. The number of hydrogen-bond acceptors (Lipinski definition) is 2. The number of anilines is 1. The molecule has 3 nitrogen and oxygen atoms in total. The van der Waals surface area contributed by atoms with E-state index in [0.717, 1.165) is 28.0 Å². The number of nitrogens with two attached hydrogens (primary N) is 1. The van der Waals surface area contributed by atoms with E-state index in [9.17, 15) is 0 Å². The second kappa shape index (κ2) is 4.92. The lowest BCUT2D eigenvalue weighted by Gasteiger charge is -2.03. The molecule has 17 heavy (non-hydrogen) atoms. The van der Waals surface area contributed by atoms with Gasteiger partial charge in [-0.25, -0.2) is 0 Å². The SMILES string of the molecule is CC(C)Cn1cc(N)c(-c2ccc(Br)cc2)n1.